The highest BCUT2D eigenvalue weighted by Crippen LogP contribution is 2.37. The van der Waals surface area contributed by atoms with Crippen LogP contribution < -0.4 is 5.32 Å². The maximum atomic E-state index is 12.7. The van der Waals surface area contributed by atoms with Gasteiger partial charge in [0.2, 0.25) is 5.91 Å². The minimum Gasteiger partial charge on any atom is -0.341 e. The minimum absolute atomic E-state index is 0.0174. The minimum atomic E-state index is -0.0174. The molecule has 2 aliphatic heterocycles. The number of nitrogens with zero attached hydrogens (tertiary/aromatic N) is 1. The van der Waals surface area contributed by atoms with Gasteiger partial charge in [-0.05, 0) is 43.3 Å². The van der Waals surface area contributed by atoms with Crippen molar-refractivity contribution >= 4 is 27.3 Å². The van der Waals surface area contributed by atoms with E-state index in [1.165, 1.54) is 15.0 Å². The van der Waals surface area contributed by atoms with Crippen molar-refractivity contribution in [3.63, 3.8) is 0 Å². The summed E-state index contributed by atoms with van der Waals surface area (Å²) in [7, 11) is 0. The monoisotopic (exact) mass is 300 g/mol. The summed E-state index contributed by atoms with van der Waals surface area (Å²) in [5, 5.41) is 4.74. The Balaban J connectivity index is 1.62. The van der Waals surface area contributed by atoms with Crippen LogP contribution in [0.25, 0.3) is 10.1 Å². The summed E-state index contributed by atoms with van der Waals surface area (Å²) in [5.74, 6) is 0.656. The number of carbonyl (C=O) groups excluding carboxylic acids is 1. The molecule has 0 unspecified atom stereocenters. The number of carbonyl (C=O) groups is 1. The van der Waals surface area contributed by atoms with E-state index in [-0.39, 0.29) is 6.04 Å². The fourth-order valence-corrected chi connectivity index (χ4v) is 4.83. The molecule has 0 bridgehead atoms. The molecule has 3 heterocycles. The van der Waals surface area contributed by atoms with Crippen LogP contribution in [0.5, 0.6) is 0 Å². The summed E-state index contributed by atoms with van der Waals surface area (Å²) in [6, 6.07) is 10.8. The smallest absolute Gasteiger partial charge is 0.240 e. The summed E-state index contributed by atoms with van der Waals surface area (Å²) in [5.41, 5.74) is 0. The number of thiophene rings is 1. The Morgan fingerprint density at radius 1 is 1.24 bits per heavy atom. The third-order valence-electron chi connectivity index (χ3n) is 4.72. The Labute approximate surface area is 128 Å². The van der Waals surface area contributed by atoms with Gasteiger partial charge in [-0.25, -0.2) is 0 Å². The molecule has 0 spiro atoms. The summed E-state index contributed by atoms with van der Waals surface area (Å²) >= 11 is 1.85. The fraction of sp³-hybridized carbons (Fsp3) is 0.471. The van der Waals surface area contributed by atoms with Crippen molar-refractivity contribution < 1.29 is 4.79 Å². The Morgan fingerprint density at radius 2 is 2.05 bits per heavy atom. The maximum Gasteiger partial charge on any atom is 0.240 e. The van der Waals surface area contributed by atoms with E-state index in [9.17, 15) is 4.79 Å². The predicted octanol–water partition coefficient (Wildman–Crippen LogP) is 2.97. The van der Waals surface area contributed by atoms with Crippen LogP contribution in [-0.4, -0.2) is 36.5 Å². The van der Waals surface area contributed by atoms with E-state index in [1.807, 2.05) is 16.2 Å². The van der Waals surface area contributed by atoms with E-state index >= 15 is 0 Å². The molecule has 4 heteroatoms. The van der Waals surface area contributed by atoms with Gasteiger partial charge in [0.05, 0.1) is 6.04 Å². The van der Waals surface area contributed by atoms with Crippen LogP contribution >= 0.6 is 11.3 Å². The van der Waals surface area contributed by atoms with Gasteiger partial charge in [0.1, 0.15) is 0 Å². The molecule has 0 radical (unpaired) electrons. The highest BCUT2D eigenvalue weighted by atomic mass is 32.1. The average Bonchev–Trinajstić information content (AvgIpc) is 3.24. The number of likely N-dealkylation sites (tertiary alicyclic amines) is 1. The molecule has 3 nitrogen and oxygen atoms in total. The van der Waals surface area contributed by atoms with Gasteiger partial charge in [-0.1, -0.05) is 18.2 Å². The lowest BCUT2D eigenvalue weighted by Gasteiger charge is -2.24. The van der Waals surface area contributed by atoms with Crippen molar-refractivity contribution in [2.75, 3.05) is 19.6 Å². The Kier molecular flexibility index (Phi) is 3.43. The third kappa shape index (κ3) is 2.36. The molecular weight excluding hydrogens is 280 g/mol. The first-order valence-electron chi connectivity index (χ1n) is 7.83. The largest absolute Gasteiger partial charge is 0.341 e. The lowest BCUT2D eigenvalue weighted by molar-refractivity contribution is -0.132. The normalized spacial score (nSPS) is 25.8. The van der Waals surface area contributed by atoms with Gasteiger partial charge in [-0.2, -0.15) is 0 Å². The second-order valence-corrected chi connectivity index (χ2v) is 7.16. The van der Waals surface area contributed by atoms with Gasteiger partial charge in [0, 0.05) is 28.6 Å². The van der Waals surface area contributed by atoms with Crippen molar-refractivity contribution in [2.45, 2.75) is 31.2 Å². The van der Waals surface area contributed by atoms with E-state index in [1.54, 1.807) is 0 Å². The van der Waals surface area contributed by atoms with E-state index in [0.29, 0.717) is 11.8 Å². The highest BCUT2D eigenvalue weighted by Gasteiger charge is 2.37. The second kappa shape index (κ2) is 5.43. The van der Waals surface area contributed by atoms with Gasteiger partial charge < -0.3 is 10.2 Å². The lowest BCUT2D eigenvalue weighted by atomic mass is 9.97. The number of hydrogen-bond donors (Lipinski definition) is 1. The molecule has 1 amide bonds. The van der Waals surface area contributed by atoms with Crippen molar-refractivity contribution in [2.24, 2.45) is 0 Å². The first kappa shape index (κ1) is 13.3. The second-order valence-electron chi connectivity index (χ2n) is 6.05. The Hall–Kier alpha value is -1.39. The molecule has 0 saturated carbocycles. The van der Waals surface area contributed by atoms with E-state index in [0.717, 1.165) is 38.9 Å². The molecule has 0 aliphatic carbocycles. The zero-order chi connectivity index (χ0) is 14.2. The van der Waals surface area contributed by atoms with Crippen LogP contribution in [0.1, 0.15) is 30.1 Å². The summed E-state index contributed by atoms with van der Waals surface area (Å²) in [6.07, 6.45) is 3.38. The zero-order valence-corrected chi connectivity index (χ0v) is 12.9. The quantitative estimate of drug-likeness (QED) is 0.925. The molecule has 2 fully saturated rings. The van der Waals surface area contributed by atoms with Gasteiger partial charge in [-0.15, -0.1) is 11.3 Å². The topological polar surface area (TPSA) is 32.3 Å². The summed E-state index contributed by atoms with van der Waals surface area (Å²) in [6.45, 7) is 2.83. The van der Waals surface area contributed by atoms with Crippen LogP contribution in [-0.2, 0) is 4.79 Å². The van der Waals surface area contributed by atoms with Crippen LogP contribution in [0.3, 0.4) is 0 Å². The number of hydrogen-bond acceptors (Lipinski definition) is 3. The predicted molar refractivity (Wildman–Crippen MR) is 86.8 cm³/mol. The first-order valence-corrected chi connectivity index (χ1v) is 8.65. The van der Waals surface area contributed by atoms with E-state index < -0.39 is 0 Å². The van der Waals surface area contributed by atoms with Crippen molar-refractivity contribution in [1.82, 2.24) is 10.2 Å². The standard InChI is InChI=1S/C17H20N2OS/c20-17(19-9-3-4-10-19)16-13(7-8-18-16)15-11-12-5-1-2-6-14(12)21-15/h1-2,5-6,11,13,16,18H,3-4,7-10H2/t13-,16+/m0/s1. The van der Waals surface area contributed by atoms with Crippen LogP contribution in [0.2, 0.25) is 0 Å². The molecule has 4 rings (SSSR count). The number of rotatable bonds is 2. The van der Waals surface area contributed by atoms with E-state index in [2.05, 4.69) is 35.6 Å². The number of benzene rings is 1. The molecule has 1 N–H and O–H groups in total. The number of fused-ring (bicyclic) bond motifs is 1. The molecule has 2 aromatic rings. The maximum absolute atomic E-state index is 12.7. The molecule has 2 atom stereocenters. The first-order chi connectivity index (χ1) is 10.3. The SMILES string of the molecule is O=C([C@@H]1NCC[C@H]1c1cc2ccccc2s1)N1CCCC1. The number of amides is 1. The average molecular weight is 300 g/mol. The summed E-state index contributed by atoms with van der Waals surface area (Å²) in [4.78, 5) is 16.1. The third-order valence-corrected chi connectivity index (χ3v) is 5.96. The van der Waals surface area contributed by atoms with Gasteiger partial charge in [0.25, 0.3) is 0 Å². The number of nitrogens with one attached hydrogen (secondary N) is 1. The summed E-state index contributed by atoms with van der Waals surface area (Å²) < 4.78 is 1.33. The molecule has 2 aliphatic rings. The lowest BCUT2D eigenvalue weighted by Crippen LogP contribution is -2.44. The zero-order valence-electron chi connectivity index (χ0n) is 12.0. The van der Waals surface area contributed by atoms with Crippen LogP contribution in [0, 0.1) is 0 Å². The van der Waals surface area contributed by atoms with Crippen molar-refractivity contribution in [3.8, 4) is 0 Å². The molecule has 1 aromatic carbocycles. The molecule has 2 saturated heterocycles. The van der Waals surface area contributed by atoms with Gasteiger partial charge in [0.15, 0.2) is 0 Å². The molecule has 110 valence electrons. The van der Waals surface area contributed by atoms with Crippen molar-refractivity contribution in [1.29, 1.82) is 0 Å². The fourth-order valence-electron chi connectivity index (χ4n) is 3.59. The van der Waals surface area contributed by atoms with Crippen molar-refractivity contribution in [3.05, 3.63) is 35.2 Å². The van der Waals surface area contributed by atoms with Gasteiger partial charge in [-0.3, -0.25) is 4.79 Å². The molecule has 1 aromatic heterocycles. The van der Waals surface area contributed by atoms with Crippen LogP contribution in [0.4, 0.5) is 0 Å². The van der Waals surface area contributed by atoms with Gasteiger partial charge >= 0.3 is 0 Å². The molecular formula is C17H20N2OS. The Bertz CT molecular complexity index is 627. The highest BCUT2D eigenvalue weighted by molar-refractivity contribution is 7.19. The Morgan fingerprint density at radius 3 is 2.86 bits per heavy atom. The van der Waals surface area contributed by atoms with Crippen LogP contribution in [0.15, 0.2) is 30.3 Å². The van der Waals surface area contributed by atoms with E-state index in [4.69, 9.17) is 0 Å². The molecule has 21 heavy (non-hydrogen) atoms.